The van der Waals surface area contributed by atoms with Crippen molar-refractivity contribution in [1.29, 1.82) is 0 Å². The Kier molecular flexibility index (Phi) is 4.57. The number of pyridine rings is 1. The van der Waals surface area contributed by atoms with Gasteiger partial charge in [-0.05, 0) is 17.7 Å². The van der Waals surface area contributed by atoms with Gasteiger partial charge in [0.25, 0.3) is 5.91 Å². The van der Waals surface area contributed by atoms with Crippen LogP contribution < -0.4 is 5.32 Å². The number of amides is 1. The zero-order valence-electron chi connectivity index (χ0n) is 15.9. The number of hydrogen-bond acceptors (Lipinski definition) is 5. The van der Waals surface area contributed by atoms with Crippen molar-refractivity contribution in [3.05, 3.63) is 72.2 Å². The molecule has 0 spiro atoms. The van der Waals surface area contributed by atoms with E-state index in [4.69, 9.17) is 4.74 Å². The minimum Gasteiger partial charge on any atom is -0.378 e. The van der Waals surface area contributed by atoms with Crippen molar-refractivity contribution in [2.45, 2.75) is 6.54 Å². The average Bonchev–Trinajstić information content (AvgIpc) is 3.13. The molecule has 1 saturated heterocycles. The minimum atomic E-state index is -0.00967. The van der Waals surface area contributed by atoms with Gasteiger partial charge in [-0.2, -0.15) is 0 Å². The summed E-state index contributed by atoms with van der Waals surface area (Å²) in [7, 11) is 0. The summed E-state index contributed by atoms with van der Waals surface area (Å²) in [5.41, 5.74) is 3.34. The third kappa shape index (κ3) is 3.19. The van der Waals surface area contributed by atoms with Crippen molar-refractivity contribution < 1.29 is 9.53 Å². The molecule has 7 nitrogen and oxygen atoms in total. The maximum absolute atomic E-state index is 13.5. The van der Waals surface area contributed by atoms with Crippen LogP contribution in [0.25, 0.3) is 16.6 Å². The van der Waals surface area contributed by atoms with Gasteiger partial charge in [0.2, 0.25) is 0 Å². The first kappa shape index (κ1) is 17.6. The van der Waals surface area contributed by atoms with Crippen molar-refractivity contribution in [1.82, 2.24) is 19.3 Å². The second kappa shape index (κ2) is 7.52. The zero-order valence-corrected chi connectivity index (χ0v) is 15.9. The fraction of sp³-hybridized carbons (Fsp3) is 0.227. The molecular formula is C22H21N5O2. The van der Waals surface area contributed by atoms with Crippen LogP contribution in [-0.2, 0) is 11.3 Å². The first-order valence-corrected chi connectivity index (χ1v) is 9.71. The number of anilines is 1. The van der Waals surface area contributed by atoms with Gasteiger partial charge in [-0.25, -0.2) is 9.97 Å². The number of carbonyl (C=O) groups excluding carboxylic acids is 1. The number of hydrogen-bond donors (Lipinski definition) is 1. The largest absolute Gasteiger partial charge is 0.378 e. The summed E-state index contributed by atoms with van der Waals surface area (Å²) in [6, 6.07) is 16.0. The lowest BCUT2D eigenvalue weighted by Gasteiger charge is -2.26. The molecule has 1 amide bonds. The third-order valence-corrected chi connectivity index (χ3v) is 5.24. The smallest absolute Gasteiger partial charge is 0.257 e. The SMILES string of the molecule is O=C(c1c2c(NCc3ccccc3)ncnc2n2ccccc12)N1CCOCC1. The van der Waals surface area contributed by atoms with E-state index >= 15 is 0 Å². The highest BCUT2D eigenvalue weighted by molar-refractivity contribution is 6.16. The Morgan fingerprint density at radius 1 is 1.03 bits per heavy atom. The van der Waals surface area contributed by atoms with E-state index in [1.165, 1.54) is 6.33 Å². The third-order valence-electron chi connectivity index (χ3n) is 5.24. The lowest BCUT2D eigenvalue weighted by molar-refractivity contribution is 0.0305. The molecule has 7 heteroatoms. The molecule has 1 N–H and O–H groups in total. The molecule has 4 aromatic rings. The van der Waals surface area contributed by atoms with E-state index in [2.05, 4.69) is 27.4 Å². The van der Waals surface area contributed by atoms with Crippen LogP contribution in [0.2, 0.25) is 0 Å². The van der Waals surface area contributed by atoms with Gasteiger partial charge in [0.05, 0.1) is 29.7 Å². The van der Waals surface area contributed by atoms with E-state index in [1.54, 1.807) is 0 Å². The van der Waals surface area contributed by atoms with E-state index in [0.29, 0.717) is 44.2 Å². The number of rotatable bonds is 4. The summed E-state index contributed by atoms with van der Waals surface area (Å²) in [4.78, 5) is 24.3. The first-order valence-electron chi connectivity index (χ1n) is 9.71. The van der Waals surface area contributed by atoms with Gasteiger partial charge in [0.1, 0.15) is 12.1 Å². The topological polar surface area (TPSA) is 71.8 Å². The van der Waals surface area contributed by atoms with Crippen LogP contribution in [0.3, 0.4) is 0 Å². The second-order valence-electron chi connectivity index (χ2n) is 7.00. The first-order chi connectivity index (χ1) is 14.3. The molecular weight excluding hydrogens is 366 g/mol. The summed E-state index contributed by atoms with van der Waals surface area (Å²) in [5.74, 6) is 0.656. The molecule has 0 saturated carbocycles. The van der Waals surface area contributed by atoms with Crippen LogP contribution >= 0.6 is 0 Å². The molecule has 0 bridgehead atoms. The van der Waals surface area contributed by atoms with Crippen molar-refractivity contribution in [2.75, 3.05) is 31.6 Å². The molecule has 0 atom stereocenters. The minimum absolute atomic E-state index is 0.00967. The van der Waals surface area contributed by atoms with Gasteiger partial charge in [-0.15, -0.1) is 0 Å². The van der Waals surface area contributed by atoms with Gasteiger partial charge in [0.15, 0.2) is 5.65 Å². The van der Waals surface area contributed by atoms with Crippen LogP contribution in [0.5, 0.6) is 0 Å². The molecule has 1 aliphatic rings. The van der Waals surface area contributed by atoms with Crippen LogP contribution in [0.1, 0.15) is 15.9 Å². The Hall–Kier alpha value is -3.45. The molecule has 29 heavy (non-hydrogen) atoms. The van der Waals surface area contributed by atoms with Crippen LogP contribution in [0, 0.1) is 0 Å². The van der Waals surface area contributed by atoms with Gasteiger partial charge >= 0.3 is 0 Å². The molecule has 3 aromatic heterocycles. The van der Waals surface area contributed by atoms with Gasteiger partial charge < -0.3 is 19.4 Å². The highest BCUT2D eigenvalue weighted by Crippen LogP contribution is 2.31. The quantitative estimate of drug-likeness (QED) is 0.583. The van der Waals surface area contributed by atoms with E-state index in [0.717, 1.165) is 22.1 Å². The summed E-state index contributed by atoms with van der Waals surface area (Å²) in [6.07, 6.45) is 3.47. The van der Waals surface area contributed by atoms with Crippen LogP contribution in [-0.4, -0.2) is 51.5 Å². The molecule has 0 aliphatic carbocycles. The number of fused-ring (bicyclic) bond motifs is 3. The number of benzene rings is 1. The van der Waals surface area contributed by atoms with Crippen LogP contribution in [0.4, 0.5) is 5.82 Å². The molecule has 5 rings (SSSR count). The van der Waals surface area contributed by atoms with Gasteiger partial charge in [-0.3, -0.25) is 4.79 Å². The van der Waals surface area contributed by atoms with E-state index in [9.17, 15) is 4.79 Å². The number of morpholine rings is 1. The normalized spacial score (nSPS) is 14.4. The fourth-order valence-electron chi connectivity index (χ4n) is 3.81. The predicted octanol–water partition coefficient (Wildman–Crippen LogP) is 2.97. The summed E-state index contributed by atoms with van der Waals surface area (Å²) >= 11 is 0. The number of nitrogens with one attached hydrogen (secondary N) is 1. The molecule has 0 radical (unpaired) electrons. The Bertz CT molecular complexity index is 1170. The summed E-state index contributed by atoms with van der Waals surface area (Å²) < 4.78 is 7.37. The molecule has 1 aliphatic heterocycles. The monoisotopic (exact) mass is 387 g/mol. The standard InChI is InChI=1S/C22H21N5O2/c28-22(26-10-12-29-13-11-26)18-17-8-4-5-9-27(17)21-19(18)20(24-15-25-21)23-14-16-6-2-1-3-7-16/h1-9,15H,10-14H2,(H,23,24,25). The van der Waals surface area contributed by atoms with E-state index < -0.39 is 0 Å². The number of nitrogens with zero attached hydrogens (tertiary/aromatic N) is 4. The second-order valence-corrected chi connectivity index (χ2v) is 7.00. The lowest BCUT2D eigenvalue weighted by Crippen LogP contribution is -2.40. The average molecular weight is 387 g/mol. The summed E-state index contributed by atoms with van der Waals surface area (Å²) in [5, 5.41) is 4.16. The molecule has 0 unspecified atom stereocenters. The number of carbonyl (C=O) groups is 1. The highest BCUT2D eigenvalue weighted by atomic mass is 16.5. The van der Waals surface area contributed by atoms with Gasteiger partial charge in [0, 0.05) is 25.8 Å². The number of aromatic nitrogens is 3. The maximum atomic E-state index is 13.5. The Balaban J connectivity index is 1.63. The Morgan fingerprint density at radius 3 is 2.66 bits per heavy atom. The van der Waals surface area contributed by atoms with Crippen molar-refractivity contribution in [3.8, 4) is 0 Å². The molecule has 146 valence electrons. The Labute approximate surface area is 167 Å². The summed E-state index contributed by atoms with van der Waals surface area (Å²) in [6.45, 7) is 2.91. The lowest BCUT2D eigenvalue weighted by atomic mass is 10.1. The van der Waals surface area contributed by atoms with Crippen molar-refractivity contribution in [2.24, 2.45) is 0 Å². The van der Waals surface area contributed by atoms with Crippen molar-refractivity contribution >= 4 is 28.3 Å². The van der Waals surface area contributed by atoms with Crippen LogP contribution in [0.15, 0.2) is 61.1 Å². The zero-order chi connectivity index (χ0) is 19.6. The molecule has 1 aromatic carbocycles. The maximum Gasteiger partial charge on any atom is 0.257 e. The molecule has 4 heterocycles. The Morgan fingerprint density at radius 2 is 1.83 bits per heavy atom. The van der Waals surface area contributed by atoms with Crippen molar-refractivity contribution in [3.63, 3.8) is 0 Å². The van der Waals surface area contributed by atoms with Gasteiger partial charge in [-0.1, -0.05) is 36.4 Å². The van der Waals surface area contributed by atoms with E-state index in [-0.39, 0.29) is 5.91 Å². The molecule has 1 fully saturated rings. The predicted molar refractivity (Wildman–Crippen MR) is 111 cm³/mol. The number of ether oxygens (including phenoxy) is 1. The van der Waals surface area contributed by atoms with E-state index in [1.807, 2.05) is 51.9 Å². The highest BCUT2D eigenvalue weighted by Gasteiger charge is 2.27. The fourth-order valence-corrected chi connectivity index (χ4v) is 3.81.